The first-order valence-electron chi connectivity index (χ1n) is 7.07. The number of anilines is 1. The van der Waals surface area contributed by atoms with Crippen LogP contribution in [0.2, 0.25) is 0 Å². The summed E-state index contributed by atoms with van der Waals surface area (Å²) in [6, 6.07) is 5.12. The lowest BCUT2D eigenvalue weighted by atomic mass is 10.0. The SMILES string of the molecule is COc1ccc(N(CCO)CCCl)cc1CC(N)CC(=O)O. The molecule has 22 heavy (non-hydrogen) atoms. The molecule has 0 amide bonds. The third-order valence-corrected chi connectivity index (χ3v) is 3.44. The second-order valence-electron chi connectivity index (χ2n) is 4.96. The highest BCUT2D eigenvalue weighted by molar-refractivity contribution is 6.18. The van der Waals surface area contributed by atoms with Crippen LogP contribution in [0.25, 0.3) is 0 Å². The summed E-state index contributed by atoms with van der Waals surface area (Å²) in [6.07, 6.45) is 0.298. The van der Waals surface area contributed by atoms with E-state index in [1.54, 1.807) is 7.11 Å². The summed E-state index contributed by atoms with van der Waals surface area (Å²) in [5.74, 6) is 0.186. The van der Waals surface area contributed by atoms with Gasteiger partial charge in [-0.3, -0.25) is 4.79 Å². The minimum Gasteiger partial charge on any atom is -0.496 e. The molecule has 0 aliphatic carbocycles. The Morgan fingerprint density at radius 1 is 1.45 bits per heavy atom. The van der Waals surface area contributed by atoms with Gasteiger partial charge in [-0.2, -0.15) is 0 Å². The molecule has 124 valence electrons. The largest absolute Gasteiger partial charge is 0.496 e. The number of aliphatic hydroxyl groups is 1. The molecule has 0 bridgehead atoms. The molecule has 0 radical (unpaired) electrons. The molecule has 1 atom stereocenters. The van der Waals surface area contributed by atoms with Crippen molar-refractivity contribution in [3.8, 4) is 5.75 Å². The maximum absolute atomic E-state index is 10.7. The Morgan fingerprint density at radius 2 is 2.18 bits per heavy atom. The van der Waals surface area contributed by atoms with Crippen molar-refractivity contribution < 1.29 is 19.7 Å². The summed E-state index contributed by atoms with van der Waals surface area (Å²) in [5.41, 5.74) is 7.60. The molecule has 1 rings (SSSR count). The van der Waals surface area contributed by atoms with Crippen LogP contribution in [-0.4, -0.2) is 54.9 Å². The summed E-state index contributed by atoms with van der Waals surface area (Å²) < 4.78 is 5.31. The Balaban J connectivity index is 2.98. The number of aliphatic hydroxyl groups excluding tert-OH is 1. The van der Waals surface area contributed by atoms with Gasteiger partial charge in [0, 0.05) is 30.7 Å². The van der Waals surface area contributed by atoms with E-state index in [-0.39, 0.29) is 13.0 Å². The van der Waals surface area contributed by atoms with Crippen molar-refractivity contribution in [2.24, 2.45) is 5.73 Å². The monoisotopic (exact) mass is 330 g/mol. The Bertz CT molecular complexity index is 479. The molecule has 0 aromatic heterocycles. The molecule has 1 aromatic rings. The van der Waals surface area contributed by atoms with Crippen LogP contribution in [0, 0.1) is 0 Å². The van der Waals surface area contributed by atoms with Crippen molar-refractivity contribution in [2.75, 3.05) is 37.6 Å². The molecular formula is C15H23ClN2O4. The van der Waals surface area contributed by atoms with Crippen molar-refractivity contribution >= 4 is 23.3 Å². The summed E-state index contributed by atoms with van der Waals surface area (Å²) in [6.45, 7) is 1.10. The highest BCUT2D eigenvalue weighted by Crippen LogP contribution is 2.26. The van der Waals surface area contributed by atoms with Crippen LogP contribution < -0.4 is 15.4 Å². The number of nitrogens with two attached hydrogens (primary N) is 1. The first-order chi connectivity index (χ1) is 10.5. The van der Waals surface area contributed by atoms with Gasteiger partial charge in [-0.15, -0.1) is 11.6 Å². The van der Waals surface area contributed by atoms with Gasteiger partial charge in [0.05, 0.1) is 20.1 Å². The lowest BCUT2D eigenvalue weighted by molar-refractivity contribution is -0.137. The number of rotatable bonds is 10. The molecule has 0 aliphatic rings. The number of halogens is 1. The number of methoxy groups -OCH3 is 1. The fraction of sp³-hybridized carbons (Fsp3) is 0.533. The lowest BCUT2D eigenvalue weighted by Gasteiger charge is -2.24. The minimum atomic E-state index is -0.924. The molecule has 0 saturated heterocycles. The highest BCUT2D eigenvalue weighted by Gasteiger charge is 2.14. The summed E-state index contributed by atoms with van der Waals surface area (Å²) in [4.78, 5) is 12.7. The Morgan fingerprint density at radius 3 is 2.73 bits per heavy atom. The number of aliphatic carboxylic acids is 1. The van der Waals surface area contributed by atoms with Gasteiger partial charge in [-0.1, -0.05) is 0 Å². The maximum atomic E-state index is 10.7. The number of alkyl halides is 1. The molecule has 0 saturated carbocycles. The molecular weight excluding hydrogens is 308 g/mol. The quantitative estimate of drug-likeness (QED) is 0.555. The van der Waals surface area contributed by atoms with Crippen molar-refractivity contribution in [3.05, 3.63) is 23.8 Å². The third kappa shape index (κ3) is 5.71. The van der Waals surface area contributed by atoms with E-state index in [0.29, 0.717) is 31.1 Å². The molecule has 0 fully saturated rings. The molecule has 1 unspecified atom stereocenters. The Kier molecular flexibility index (Phi) is 8.01. The fourth-order valence-electron chi connectivity index (χ4n) is 2.29. The molecule has 0 heterocycles. The number of ether oxygens (including phenoxy) is 1. The fourth-order valence-corrected chi connectivity index (χ4v) is 2.50. The van der Waals surface area contributed by atoms with Gasteiger partial charge < -0.3 is 25.6 Å². The maximum Gasteiger partial charge on any atom is 0.304 e. The van der Waals surface area contributed by atoms with Gasteiger partial charge in [-0.05, 0) is 30.2 Å². The van der Waals surface area contributed by atoms with E-state index in [1.165, 1.54) is 0 Å². The Hall–Kier alpha value is -1.50. The number of nitrogens with zero attached hydrogens (tertiary/aromatic N) is 1. The second-order valence-corrected chi connectivity index (χ2v) is 5.34. The predicted molar refractivity (Wildman–Crippen MR) is 86.9 cm³/mol. The molecule has 7 heteroatoms. The second kappa shape index (κ2) is 9.50. The zero-order valence-corrected chi connectivity index (χ0v) is 13.4. The predicted octanol–water partition coefficient (Wildman–Crippen LogP) is 1.08. The van der Waals surface area contributed by atoms with Crippen LogP contribution in [0.5, 0.6) is 5.75 Å². The molecule has 6 nitrogen and oxygen atoms in total. The molecule has 0 aliphatic heterocycles. The molecule has 1 aromatic carbocycles. The smallest absolute Gasteiger partial charge is 0.304 e. The first-order valence-corrected chi connectivity index (χ1v) is 7.61. The van der Waals surface area contributed by atoms with E-state index >= 15 is 0 Å². The summed E-state index contributed by atoms with van der Waals surface area (Å²) in [5, 5.41) is 18.0. The van der Waals surface area contributed by atoms with Crippen molar-refractivity contribution in [1.82, 2.24) is 0 Å². The van der Waals surface area contributed by atoms with Crippen molar-refractivity contribution in [2.45, 2.75) is 18.9 Å². The van der Waals surface area contributed by atoms with Gasteiger partial charge in [0.15, 0.2) is 0 Å². The lowest BCUT2D eigenvalue weighted by Crippen LogP contribution is -2.29. The van der Waals surface area contributed by atoms with E-state index in [9.17, 15) is 4.79 Å². The normalized spacial score (nSPS) is 12.0. The minimum absolute atomic E-state index is 0.0246. The standard InChI is InChI=1S/C15H23ClN2O4/c1-22-14-3-2-13(18(5-4-16)6-7-19)9-11(14)8-12(17)10-15(20)21/h2-3,9,12,19H,4-8,10,17H2,1H3,(H,20,21). The van der Waals surface area contributed by atoms with E-state index in [4.69, 9.17) is 32.3 Å². The van der Waals surface area contributed by atoms with E-state index in [2.05, 4.69) is 0 Å². The Labute approximate surface area is 135 Å². The average Bonchev–Trinajstić information content (AvgIpc) is 2.46. The zero-order valence-electron chi connectivity index (χ0n) is 12.7. The molecule has 0 spiro atoms. The van der Waals surface area contributed by atoms with Crippen LogP contribution in [0.4, 0.5) is 5.69 Å². The van der Waals surface area contributed by atoms with Gasteiger partial charge >= 0.3 is 5.97 Å². The number of hydrogen-bond donors (Lipinski definition) is 3. The third-order valence-electron chi connectivity index (χ3n) is 3.27. The van der Waals surface area contributed by atoms with Crippen molar-refractivity contribution in [3.63, 3.8) is 0 Å². The van der Waals surface area contributed by atoms with Crippen LogP contribution in [-0.2, 0) is 11.2 Å². The zero-order chi connectivity index (χ0) is 16.5. The number of hydrogen-bond acceptors (Lipinski definition) is 5. The topological polar surface area (TPSA) is 96.0 Å². The van der Waals surface area contributed by atoms with Crippen LogP contribution >= 0.6 is 11.6 Å². The number of carboxylic acids is 1. The highest BCUT2D eigenvalue weighted by atomic mass is 35.5. The van der Waals surface area contributed by atoms with Gasteiger partial charge in [0.1, 0.15) is 5.75 Å². The summed E-state index contributed by atoms with van der Waals surface area (Å²) in [7, 11) is 1.56. The number of carboxylic acid groups (broad SMARTS) is 1. The molecule has 4 N–H and O–H groups in total. The number of benzene rings is 1. The number of carbonyl (C=O) groups is 1. The van der Waals surface area contributed by atoms with Gasteiger partial charge in [0.25, 0.3) is 0 Å². The van der Waals surface area contributed by atoms with Crippen molar-refractivity contribution in [1.29, 1.82) is 0 Å². The van der Waals surface area contributed by atoms with Crippen LogP contribution in [0.3, 0.4) is 0 Å². The first kappa shape index (κ1) is 18.5. The van der Waals surface area contributed by atoms with Gasteiger partial charge in [-0.25, -0.2) is 0 Å². The van der Waals surface area contributed by atoms with Crippen LogP contribution in [0.1, 0.15) is 12.0 Å². The van der Waals surface area contributed by atoms with E-state index < -0.39 is 12.0 Å². The van der Waals surface area contributed by atoms with E-state index in [0.717, 1.165) is 11.3 Å². The summed E-state index contributed by atoms with van der Waals surface area (Å²) >= 11 is 5.79. The van der Waals surface area contributed by atoms with Gasteiger partial charge in [0.2, 0.25) is 0 Å². The average molecular weight is 331 g/mol. The van der Waals surface area contributed by atoms with E-state index in [1.807, 2.05) is 23.1 Å². The van der Waals surface area contributed by atoms with Crippen LogP contribution in [0.15, 0.2) is 18.2 Å².